The second-order valence-electron chi connectivity index (χ2n) is 11.7. The fourth-order valence-electron chi connectivity index (χ4n) is 6.22. The first-order valence-electron chi connectivity index (χ1n) is 16.7. The number of thiophene rings is 1. The zero-order valence-electron chi connectivity index (χ0n) is 28.1. The molecule has 0 radical (unpaired) electrons. The van der Waals surface area contributed by atoms with Gasteiger partial charge in [-0.3, -0.25) is 0 Å². The van der Waals surface area contributed by atoms with Crippen LogP contribution < -0.4 is 0 Å². The molecular formula is C42H34N4O4S. The topological polar surface area (TPSA) is 96.2 Å². The van der Waals surface area contributed by atoms with Crippen molar-refractivity contribution in [3.63, 3.8) is 0 Å². The molecule has 7 rings (SSSR count). The second-order valence-corrected chi connectivity index (χ2v) is 12.7. The molecule has 9 heteroatoms. The van der Waals surface area contributed by atoms with Crippen molar-refractivity contribution in [2.45, 2.75) is 19.4 Å². The lowest BCUT2D eigenvalue weighted by Gasteiger charge is -2.34. The minimum absolute atomic E-state index is 0.297. The Bertz CT molecular complexity index is 2150. The molecule has 0 saturated carbocycles. The van der Waals surface area contributed by atoms with E-state index in [2.05, 4.69) is 42.5 Å². The van der Waals surface area contributed by atoms with Gasteiger partial charge in [0, 0.05) is 15.3 Å². The van der Waals surface area contributed by atoms with E-state index in [1.54, 1.807) is 54.2 Å². The molecule has 0 atom stereocenters. The van der Waals surface area contributed by atoms with Crippen LogP contribution in [0.2, 0.25) is 0 Å². The van der Waals surface area contributed by atoms with Crippen molar-refractivity contribution < 1.29 is 19.1 Å². The summed E-state index contributed by atoms with van der Waals surface area (Å²) in [5.74, 6) is -0.295. The number of carbonyl (C=O) groups is 2. The van der Waals surface area contributed by atoms with Crippen molar-refractivity contribution in [3.8, 4) is 32.3 Å². The van der Waals surface area contributed by atoms with Gasteiger partial charge in [0.25, 0.3) is 0 Å². The Morgan fingerprint density at radius 2 is 1.08 bits per heavy atom. The number of ether oxygens (including phenoxy) is 2. The Morgan fingerprint density at radius 1 is 0.627 bits per heavy atom. The van der Waals surface area contributed by atoms with Crippen molar-refractivity contribution >= 4 is 23.3 Å². The normalized spacial score (nSPS) is 11.3. The summed E-state index contributed by atoms with van der Waals surface area (Å²) in [6.07, 6.45) is 0. The molecule has 0 spiro atoms. The second kappa shape index (κ2) is 14.7. The Kier molecular flexibility index (Phi) is 9.63. The maximum atomic E-state index is 12.5. The fraction of sp³-hybridized carbons (Fsp3) is 0.119. The molecule has 0 aliphatic rings. The van der Waals surface area contributed by atoms with Gasteiger partial charge >= 0.3 is 11.9 Å². The highest BCUT2D eigenvalue weighted by Crippen LogP contribution is 2.44. The summed E-state index contributed by atoms with van der Waals surface area (Å²) < 4.78 is 10.4. The summed E-state index contributed by atoms with van der Waals surface area (Å²) in [5.41, 5.74) is 5.54. The summed E-state index contributed by atoms with van der Waals surface area (Å²) in [6, 6.07) is 47.3. The van der Waals surface area contributed by atoms with Crippen LogP contribution in [0.15, 0.2) is 146 Å². The molecule has 2 aromatic heterocycles. The van der Waals surface area contributed by atoms with E-state index in [-0.39, 0.29) is 11.9 Å². The van der Waals surface area contributed by atoms with Crippen molar-refractivity contribution in [2.75, 3.05) is 13.2 Å². The van der Waals surface area contributed by atoms with Gasteiger partial charge in [-0.05, 0) is 77.2 Å². The van der Waals surface area contributed by atoms with E-state index in [9.17, 15) is 9.59 Å². The summed E-state index contributed by atoms with van der Waals surface area (Å²) in [7, 11) is 0. The van der Waals surface area contributed by atoms with Gasteiger partial charge < -0.3 is 9.47 Å². The third kappa shape index (κ3) is 6.47. The number of carbonyl (C=O) groups excluding carboxylic acids is 2. The molecule has 8 nitrogen and oxygen atoms in total. The van der Waals surface area contributed by atoms with Gasteiger partial charge in [-0.1, -0.05) is 115 Å². The highest BCUT2D eigenvalue weighted by atomic mass is 32.1. The molecule has 5 aromatic carbocycles. The van der Waals surface area contributed by atoms with Crippen molar-refractivity contribution in [1.29, 1.82) is 0 Å². The highest BCUT2D eigenvalue weighted by molar-refractivity contribution is 7.19. The van der Waals surface area contributed by atoms with E-state index in [4.69, 9.17) is 24.9 Å². The first kappa shape index (κ1) is 33.3. The van der Waals surface area contributed by atoms with Gasteiger partial charge in [-0.25, -0.2) is 9.59 Å². The van der Waals surface area contributed by atoms with Crippen LogP contribution in [0.4, 0.5) is 0 Å². The lowest BCUT2D eigenvalue weighted by Crippen LogP contribution is -2.39. The molecule has 0 aliphatic heterocycles. The first-order chi connectivity index (χ1) is 25.0. The van der Waals surface area contributed by atoms with E-state index < -0.39 is 5.54 Å². The molecule has 2 heterocycles. The summed E-state index contributed by atoms with van der Waals surface area (Å²) >= 11 is 1.57. The van der Waals surface area contributed by atoms with E-state index in [0.29, 0.717) is 30.2 Å². The Labute approximate surface area is 300 Å². The van der Waals surface area contributed by atoms with Crippen LogP contribution in [0.25, 0.3) is 32.3 Å². The molecule has 51 heavy (non-hydrogen) atoms. The maximum absolute atomic E-state index is 12.5. The highest BCUT2D eigenvalue weighted by Gasteiger charge is 2.41. The van der Waals surface area contributed by atoms with Gasteiger partial charge in [-0.15, -0.1) is 26.3 Å². The average molecular weight is 691 g/mol. The smallest absolute Gasteiger partial charge is 0.338 e. The minimum atomic E-state index is -0.932. The fourth-order valence-corrected chi connectivity index (χ4v) is 7.38. The van der Waals surface area contributed by atoms with Crippen LogP contribution in [-0.4, -0.2) is 45.4 Å². The van der Waals surface area contributed by atoms with Gasteiger partial charge in [0.2, 0.25) is 5.82 Å². The predicted molar refractivity (Wildman–Crippen MR) is 199 cm³/mol. The molecule has 0 fully saturated rings. The zero-order chi connectivity index (χ0) is 35.2. The summed E-state index contributed by atoms with van der Waals surface area (Å²) in [5, 5.41) is 14.7. The first-order valence-corrected chi connectivity index (χ1v) is 17.5. The molecule has 0 amide bonds. The van der Waals surface area contributed by atoms with Crippen molar-refractivity contribution in [1.82, 2.24) is 20.2 Å². The summed E-state index contributed by atoms with van der Waals surface area (Å²) in [6.45, 7) is 4.17. The number of nitrogens with zero attached hydrogens (tertiary/aromatic N) is 4. The number of hydrogen-bond donors (Lipinski definition) is 0. The Balaban J connectivity index is 1.40. The number of tetrazole rings is 1. The van der Waals surface area contributed by atoms with E-state index in [1.807, 2.05) is 78.9 Å². The van der Waals surface area contributed by atoms with E-state index >= 15 is 0 Å². The number of rotatable bonds is 11. The van der Waals surface area contributed by atoms with Crippen LogP contribution in [0.1, 0.15) is 51.3 Å². The van der Waals surface area contributed by atoms with E-state index in [0.717, 1.165) is 43.1 Å². The Morgan fingerprint density at radius 3 is 1.53 bits per heavy atom. The average Bonchev–Trinajstić information content (AvgIpc) is 3.86. The molecule has 7 aromatic rings. The lowest BCUT2D eigenvalue weighted by atomic mass is 9.77. The van der Waals surface area contributed by atoms with Crippen molar-refractivity contribution in [2.24, 2.45) is 0 Å². The summed E-state index contributed by atoms with van der Waals surface area (Å²) in [4.78, 5) is 28.4. The van der Waals surface area contributed by atoms with Gasteiger partial charge in [0.1, 0.15) is 0 Å². The number of benzene rings is 5. The maximum Gasteiger partial charge on any atom is 0.338 e. The third-order valence-electron chi connectivity index (χ3n) is 8.60. The Hall–Kier alpha value is -6.19. The molecule has 0 aliphatic carbocycles. The zero-order valence-corrected chi connectivity index (χ0v) is 28.9. The predicted octanol–water partition coefficient (Wildman–Crippen LogP) is 8.93. The third-order valence-corrected chi connectivity index (χ3v) is 9.83. The molecule has 0 saturated heterocycles. The molecule has 0 N–H and O–H groups in total. The molecule has 0 unspecified atom stereocenters. The van der Waals surface area contributed by atoms with Crippen LogP contribution in [0.5, 0.6) is 0 Å². The van der Waals surface area contributed by atoms with Crippen molar-refractivity contribution in [3.05, 3.63) is 173 Å². The largest absolute Gasteiger partial charge is 0.462 e. The van der Waals surface area contributed by atoms with Gasteiger partial charge in [-0.2, -0.15) is 0 Å². The SMILES string of the molecule is CCOC(=O)c1ccc(-c2cc(-c3nnn(C(c4ccccc4)(c4ccccc4)c4ccccc4)n3)c(-c3ccc(C(=O)OCC)cc3)s2)cc1. The number of esters is 2. The number of hydrogen-bond acceptors (Lipinski definition) is 8. The lowest BCUT2D eigenvalue weighted by molar-refractivity contribution is 0.0517. The standard InChI is InChI=1S/C42H34N4O4S/c1-3-49-40(47)31-24-20-29(21-25-31)37-28-36(38(51-37)30-22-26-32(27-23-30)41(48)50-4-2)39-43-45-46(44-39)42(33-14-8-5-9-15-33,34-16-10-6-11-17-34)35-18-12-7-13-19-35/h5-28H,3-4H2,1-2H3. The molecule has 0 bridgehead atoms. The molecule has 252 valence electrons. The van der Waals surface area contributed by atoms with E-state index in [1.165, 1.54) is 0 Å². The minimum Gasteiger partial charge on any atom is -0.462 e. The van der Waals surface area contributed by atoms with Crippen LogP contribution in [0.3, 0.4) is 0 Å². The quantitative estimate of drug-likeness (QED) is 0.0988. The van der Waals surface area contributed by atoms with Crippen LogP contribution >= 0.6 is 11.3 Å². The van der Waals surface area contributed by atoms with Gasteiger partial charge in [0.05, 0.1) is 24.3 Å². The number of aromatic nitrogens is 4. The van der Waals surface area contributed by atoms with Gasteiger partial charge in [0.15, 0.2) is 5.54 Å². The molecular weight excluding hydrogens is 657 g/mol. The monoisotopic (exact) mass is 690 g/mol. The van der Waals surface area contributed by atoms with Crippen LogP contribution in [-0.2, 0) is 15.0 Å². The van der Waals surface area contributed by atoms with Crippen LogP contribution in [0, 0.1) is 0 Å².